The number of ether oxygens (including phenoxy) is 2. The molecule has 6 heteroatoms. The van der Waals surface area contributed by atoms with Crippen molar-refractivity contribution in [1.82, 2.24) is 10.6 Å². The van der Waals surface area contributed by atoms with Gasteiger partial charge in [-0.05, 0) is 37.0 Å². The van der Waals surface area contributed by atoms with E-state index in [2.05, 4.69) is 21.7 Å². The normalized spacial score (nSPS) is 26.4. The first-order valence-electron chi connectivity index (χ1n) is 8.68. The number of benzene rings is 1. The first-order valence-corrected chi connectivity index (χ1v) is 9.06. The third-order valence-electron chi connectivity index (χ3n) is 4.47. The van der Waals surface area contributed by atoms with Gasteiger partial charge < -0.3 is 20.1 Å². The second-order valence-electron chi connectivity index (χ2n) is 6.36. The molecule has 1 aromatic rings. The number of guanidine groups is 1. The molecule has 0 radical (unpaired) electrons. The van der Waals surface area contributed by atoms with E-state index in [1.54, 1.807) is 7.05 Å². The summed E-state index contributed by atoms with van der Waals surface area (Å²) in [6.45, 7) is 3.17. The minimum absolute atomic E-state index is 0.285. The van der Waals surface area contributed by atoms with Gasteiger partial charge in [0.25, 0.3) is 0 Å². The van der Waals surface area contributed by atoms with Crippen LogP contribution in [0.25, 0.3) is 0 Å². The highest BCUT2D eigenvalue weighted by Crippen LogP contribution is 2.41. The van der Waals surface area contributed by atoms with Crippen molar-refractivity contribution in [3.05, 3.63) is 34.9 Å². The molecule has 0 aromatic heterocycles. The second kappa shape index (κ2) is 8.70. The summed E-state index contributed by atoms with van der Waals surface area (Å²) in [5.74, 6) is 1.38. The molecule has 132 valence electrons. The smallest absolute Gasteiger partial charge is 0.191 e. The first-order chi connectivity index (χ1) is 11.8. The number of nitrogens with zero attached hydrogens (tertiary/aromatic N) is 1. The Hall–Kier alpha value is -1.30. The summed E-state index contributed by atoms with van der Waals surface area (Å²) >= 11 is 6.07. The molecule has 3 unspecified atom stereocenters. The highest BCUT2D eigenvalue weighted by Gasteiger charge is 2.39. The molecule has 2 N–H and O–H groups in total. The van der Waals surface area contributed by atoms with Crippen molar-refractivity contribution >= 4 is 17.6 Å². The highest BCUT2D eigenvalue weighted by molar-refractivity contribution is 6.30. The lowest BCUT2D eigenvalue weighted by Gasteiger charge is -2.13. The first kappa shape index (κ1) is 17.5. The van der Waals surface area contributed by atoms with E-state index in [-0.39, 0.29) is 6.10 Å². The maximum Gasteiger partial charge on any atom is 0.191 e. The van der Waals surface area contributed by atoms with Crippen LogP contribution in [0.2, 0.25) is 5.02 Å². The summed E-state index contributed by atoms with van der Waals surface area (Å²) < 4.78 is 11.1. The van der Waals surface area contributed by atoms with Gasteiger partial charge in [0.05, 0.1) is 12.7 Å². The van der Waals surface area contributed by atoms with E-state index in [1.807, 2.05) is 18.2 Å². The molecule has 3 atom stereocenters. The van der Waals surface area contributed by atoms with Gasteiger partial charge in [-0.3, -0.25) is 4.99 Å². The molecule has 0 bridgehead atoms. The van der Waals surface area contributed by atoms with Crippen molar-refractivity contribution in [2.24, 2.45) is 4.99 Å². The second-order valence-corrected chi connectivity index (χ2v) is 6.79. The number of hydrogen-bond acceptors (Lipinski definition) is 3. The van der Waals surface area contributed by atoms with E-state index in [4.69, 9.17) is 21.1 Å². The number of nitrogens with one attached hydrogen (secondary N) is 2. The van der Waals surface area contributed by atoms with Gasteiger partial charge in [0.15, 0.2) is 5.96 Å². The summed E-state index contributed by atoms with van der Waals surface area (Å²) in [6.07, 6.45) is 3.38. The molecule has 1 saturated carbocycles. The molecule has 1 saturated heterocycles. The van der Waals surface area contributed by atoms with Gasteiger partial charge in [-0.25, -0.2) is 0 Å². The molecule has 1 heterocycles. The topological polar surface area (TPSA) is 54.9 Å². The number of halogens is 1. The van der Waals surface area contributed by atoms with E-state index in [0.717, 1.165) is 56.6 Å². The molecule has 5 nitrogen and oxygen atoms in total. The molecule has 0 amide bonds. The predicted octanol–water partition coefficient (Wildman–Crippen LogP) is 2.56. The van der Waals surface area contributed by atoms with Crippen molar-refractivity contribution in [3.8, 4) is 0 Å². The highest BCUT2D eigenvalue weighted by atomic mass is 35.5. The molecule has 1 aromatic carbocycles. The molecular weight excluding hydrogens is 326 g/mol. The third-order valence-corrected chi connectivity index (χ3v) is 4.70. The molecule has 1 aliphatic heterocycles. The molecule has 3 rings (SSSR count). The summed E-state index contributed by atoms with van der Waals surface area (Å²) in [4.78, 5) is 4.30. The van der Waals surface area contributed by atoms with Crippen LogP contribution in [0.5, 0.6) is 0 Å². The van der Waals surface area contributed by atoms with Crippen LogP contribution in [-0.4, -0.2) is 51.5 Å². The minimum atomic E-state index is 0.285. The van der Waals surface area contributed by atoms with E-state index in [0.29, 0.717) is 12.0 Å². The molecule has 2 aliphatic rings. The van der Waals surface area contributed by atoms with Gasteiger partial charge in [-0.2, -0.15) is 0 Å². The van der Waals surface area contributed by atoms with Crippen molar-refractivity contribution in [2.75, 3.05) is 33.4 Å². The lowest BCUT2D eigenvalue weighted by molar-refractivity contribution is 0.0420. The van der Waals surface area contributed by atoms with Crippen LogP contribution in [0, 0.1) is 0 Å². The Morgan fingerprint density at radius 2 is 2.38 bits per heavy atom. The Labute approximate surface area is 148 Å². The van der Waals surface area contributed by atoms with Gasteiger partial charge in [0, 0.05) is 43.8 Å². The van der Waals surface area contributed by atoms with Crippen LogP contribution in [-0.2, 0) is 9.47 Å². The van der Waals surface area contributed by atoms with Crippen molar-refractivity contribution in [2.45, 2.75) is 37.3 Å². The van der Waals surface area contributed by atoms with E-state index in [9.17, 15) is 0 Å². The van der Waals surface area contributed by atoms with Gasteiger partial charge in [0.1, 0.15) is 0 Å². The Bertz CT molecular complexity index is 561. The molecular formula is C18H26ClN3O2. The molecule has 2 fully saturated rings. The molecule has 24 heavy (non-hydrogen) atoms. The zero-order valence-electron chi connectivity index (χ0n) is 14.1. The Balaban J connectivity index is 1.32. The fraction of sp³-hybridized carbons (Fsp3) is 0.611. The van der Waals surface area contributed by atoms with Crippen molar-refractivity contribution in [1.29, 1.82) is 0 Å². The van der Waals surface area contributed by atoms with E-state index in [1.165, 1.54) is 5.56 Å². The summed E-state index contributed by atoms with van der Waals surface area (Å²) in [6, 6.07) is 8.54. The quantitative estimate of drug-likeness (QED) is 0.450. The van der Waals surface area contributed by atoms with Crippen LogP contribution in [0.4, 0.5) is 0 Å². The Morgan fingerprint density at radius 1 is 1.46 bits per heavy atom. The fourth-order valence-corrected chi connectivity index (χ4v) is 3.20. The predicted molar refractivity (Wildman–Crippen MR) is 96.9 cm³/mol. The largest absolute Gasteiger partial charge is 0.379 e. The summed E-state index contributed by atoms with van der Waals surface area (Å²) in [5.41, 5.74) is 1.29. The monoisotopic (exact) mass is 351 g/mol. The fourth-order valence-electron chi connectivity index (χ4n) is 3.00. The van der Waals surface area contributed by atoms with Gasteiger partial charge in [-0.1, -0.05) is 23.7 Å². The number of rotatable bonds is 7. The van der Waals surface area contributed by atoms with Crippen LogP contribution in [0.3, 0.4) is 0 Å². The van der Waals surface area contributed by atoms with Crippen LogP contribution in [0.1, 0.15) is 30.7 Å². The molecule has 0 spiro atoms. The SMILES string of the molecule is CN=C(NCCCOC1CCOC1)NC1CC1c1cccc(Cl)c1. The minimum Gasteiger partial charge on any atom is -0.379 e. The average molecular weight is 352 g/mol. The van der Waals surface area contributed by atoms with Crippen LogP contribution >= 0.6 is 11.6 Å². The maximum absolute atomic E-state index is 6.07. The van der Waals surface area contributed by atoms with Gasteiger partial charge >= 0.3 is 0 Å². The Kier molecular flexibility index (Phi) is 6.35. The van der Waals surface area contributed by atoms with E-state index >= 15 is 0 Å². The lowest BCUT2D eigenvalue weighted by atomic mass is 10.1. The van der Waals surface area contributed by atoms with E-state index < -0.39 is 0 Å². The standard InChI is InChI=1S/C18H26ClN3O2/c1-20-18(21-7-3-8-24-15-6-9-23-12-15)22-17-11-16(17)13-4-2-5-14(19)10-13/h2,4-5,10,15-17H,3,6-9,11-12H2,1H3,(H2,20,21,22). The van der Waals surface area contributed by atoms with Gasteiger partial charge in [-0.15, -0.1) is 0 Å². The van der Waals surface area contributed by atoms with Crippen molar-refractivity contribution < 1.29 is 9.47 Å². The number of hydrogen-bond donors (Lipinski definition) is 2. The zero-order valence-corrected chi connectivity index (χ0v) is 14.9. The maximum atomic E-state index is 6.07. The zero-order chi connectivity index (χ0) is 16.8. The average Bonchev–Trinajstić information content (AvgIpc) is 3.16. The Morgan fingerprint density at radius 3 is 3.12 bits per heavy atom. The lowest BCUT2D eigenvalue weighted by Crippen LogP contribution is -2.39. The van der Waals surface area contributed by atoms with Crippen molar-refractivity contribution in [3.63, 3.8) is 0 Å². The molecule has 1 aliphatic carbocycles. The third kappa shape index (κ3) is 5.10. The van der Waals surface area contributed by atoms with Crippen LogP contribution in [0.15, 0.2) is 29.3 Å². The van der Waals surface area contributed by atoms with Gasteiger partial charge in [0.2, 0.25) is 0 Å². The summed E-state index contributed by atoms with van der Waals surface area (Å²) in [7, 11) is 1.80. The number of aliphatic imine (C=N–C) groups is 1. The van der Waals surface area contributed by atoms with Crippen LogP contribution < -0.4 is 10.6 Å². The summed E-state index contributed by atoms with van der Waals surface area (Å²) in [5, 5.41) is 7.63.